The SMILES string of the molecule is CCN(CC(F)(F)F)[C@H]1CC[C@H](CCN2CCC(Cc3cc(OC)ccc3Br)C2)CC1. The van der Waals surface area contributed by atoms with E-state index in [1.54, 1.807) is 12.0 Å². The smallest absolute Gasteiger partial charge is 0.401 e. The number of nitrogens with zero attached hydrogens (tertiary/aromatic N) is 2. The van der Waals surface area contributed by atoms with E-state index in [9.17, 15) is 13.2 Å². The molecular weight excluding hydrogens is 469 g/mol. The molecule has 1 atom stereocenters. The van der Waals surface area contributed by atoms with E-state index in [1.807, 2.05) is 13.0 Å². The van der Waals surface area contributed by atoms with Gasteiger partial charge in [-0.25, -0.2) is 0 Å². The van der Waals surface area contributed by atoms with E-state index in [0.717, 1.165) is 62.0 Å². The second kappa shape index (κ2) is 11.4. The fourth-order valence-corrected chi connectivity index (χ4v) is 5.73. The number of methoxy groups -OCH3 is 1. The van der Waals surface area contributed by atoms with E-state index in [0.29, 0.717) is 18.4 Å². The molecule has 1 saturated carbocycles. The zero-order chi connectivity index (χ0) is 22.4. The summed E-state index contributed by atoms with van der Waals surface area (Å²) in [5.41, 5.74) is 1.31. The lowest BCUT2D eigenvalue weighted by molar-refractivity contribution is -0.152. The fourth-order valence-electron chi connectivity index (χ4n) is 5.32. The number of benzene rings is 1. The molecule has 1 aliphatic heterocycles. The molecule has 176 valence electrons. The molecule has 1 aromatic rings. The average molecular weight is 505 g/mol. The van der Waals surface area contributed by atoms with E-state index in [1.165, 1.54) is 18.4 Å². The molecule has 1 aromatic carbocycles. The van der Waals surface area contributed by atoms with Crippen molar-refractivity contribution in [2.24, 2.45) is 11.8 Å². The van der Waals surface area contributed by atoms with Crippen LogP contribution in [0.5, 0.6) is 5.75 Å². The number of rotatable bonds is 9. The number of alkyl halides is 3. The van der Waals surface area contributed by atoms with Crippen molar-refractivity contribution < 1.29 is 17.9 Å². The molecule has 0 N–H and O–H groups in total. The van der Waals surface area contributed by atoms with Gasteiger partial charge < -0.3 is 9.64 Å². The van der Waals surface area contributed by atoms with Gasteiger partial charge in [-0.15, -0.1) is 0 Å². The summed E-state index contributed by atoms with van der Waals surface area (Å²) in [4.78, 5) is 4.20. The first-order chi connectivity index (χ1) is 14.8. The molecule has 31 heavy (non-hydrogen) atoms. The number of ether oxygens (including phenoxy) is 1. The maximum absolute atomic E-state index is 12.8. The molecule has 7 heteroatoms. The summed E-state index contributed by atoms with van der Waals surface area (Å²) >= 11 is 3.67. The van der Waals surface area contributed by atoms with Gasteiger partial charge in [-0.05, 0) is 100 Å². The molecule has 1 aliphatic carbocycles. The topological polar surface area (TPSA) is 15.7 Å². The summed E-state index contributed by atoms with van der Waals surface area (Å²) in [7, 11) is 1.70. The Kier molecular flexibility index (Phi) is 9.11. The van der Waals surface area contributed by atoms with Crippen molar-refractivity contribution in [3.05, 3.63) is 28.2 Å². The van der Waals surface area contributed by atoms with Crippen molar-refractivity contribution in [1.82, 2.24) is 9.80 Å². The third kappa shape index (κ3) is 7.64. The maximum Gasteiger partial charge on any atom is 0.401 e. The summed E-state index contributed by atoms with van der Waals surface area (Å²) in [6.45, 7) is 4.95. The zero-order valence-corrected chi connectivity index (χ0v) is 20.3. The van der Waals surface area contributed by atoms with Crippen LogP contribution in [0.25, 0.3) is 0 Å². The highest BCUT2D eigenvalue weighted by Gasteiger charge is 2.34. The summed E-state index contributed by atoms with van der Waals surface area (Å²) < 4.78 is 44.9. The molecule has 3 nitrogen and oxygen atoms in total. The Hall–Kier alpha value is -0.790. The Labute approximate surface area is 193 Å². The van der Waals surface area contributed by atoms with Crippen LogP contribution in [0, 0.1) is 11.8 Å². The van der Waals surface area contributed by atoms with Gasteiger partial charge in [-0.1, -0.05) is 22.9 Å². The van der Waals surface area contributed by atoms with Crippen molar-refractivity contribution in [2.75, 3.05) is 39.8 Å². The van der Waals surface area contributed by atoms with Gasteiger partial charge in [0.05, 0.1) is 13.7 Å². The van der Waals surface area contributed by atoms with Crippen LogP contribution in [0.4, 0.5) is 13.2 Å². The van der Waals surface area contributed by atoms with Gasteiger partial charge in [0.1, 0.15) is 5.75 Å². The molecule has 2 fully saturated rings. The summed E-state index contributed by atoms with van der Waals surface area (Å²) in [6.07, 6.45) is 3.29. The van der Waals surface area contributed by atoms with Crippen LogP contribution in [0.1, 0.15) is 51.0 Å². The highest BCUT2D eigenvalue weighted by atomic mass is 79.9. The van der Waals surface area contributed by atoms with Gasteiger partial charge in [0.2, 0.25) is 0 Å². The minimum absolute atomic E-state index is 0.0975. The molecule has 1 heterocycles. The van der Waals surface area contributed by atoms with Crippen LogP contribution in [0.15, 0.2) is 22.7 Å². The van der Waals surface area contributed by atoms with Crippen molar-refractivity contribution in [1.29, 1.82) is 0 Å². The lowest BCUT2D eigenvalue weighted by Gasteiger charge is -2.37. The van der Waals surface area contributed by atoms with Crippen molar-refractivity contribution >= 4 is 15.9 Å². The molecule has 0 aromatic heterocycles. The van der Waals surface area contributed by atoms with Crippen LogP contribution in [-0.4, -0.2) is 61.9 Å². The van der Waals surface area contributed by atoms with Gasteiger partial charge in [-0.3, -0.25) is 4.90 Å². The predicted octanol–water partition coefficient (Wildman–Crippen LogP) is 6.16. The molecule has 0 spiro atoms. The number of hydrogen-bond donors (Lipinski definition) is 0. The maximum atomic E-state index is 12.8. The predicted molar refractivity (Wildman–Crippen MR) is 123 cm³/mol. The number of likely N-dealkylation sites (tertiary alicyclic amines) is 1. The van der Waals surface area contributed by atoms with Crippen LogP contribution >= 0.6 is 15.9 Å². The fraction of sp³-hybridized carbons (Fsp3) is 0.750. The van der Waals surface area contributed by atoms with Crippen LogP contribution in [0.3, 0.4) is 0 Å². The van der Waals surface area contributed by atoms with Gasteiger partial charge in [0.15, 0.2) is 0 Å². The Balaban J connectivity index is 1.38. The monoisotopic (exact) mass is 504 g/mol. The summed E-state index contributed by atoms with van der Waals surface area (Å²) in [6, 6.07) is 6.27. The standard InChI is InChI=1S/C24H36BrF3N2O/c1-3-30(17-24(26,27)28)21-6-4-18(5-7-21)10-12-29-13-11-19(16-29)14-20-15-22(31-2)8-9-23(20)25/h8-9,15,18-19,21H,3-7,10-14,16-17H2,1-2H3/t18-,19?,21-. The molecule has 0 bridgehead atoms. The van der Waals surface area contributed by atoms with Crippen molar-refractivity contribution in [3.63, 3.8) is 0 Å². The van der Waals surface area contributed by atoms with E-state index in [2.05, 4.69) is 33.0 Å². The van der Waals surface area contributed by atoms with E-state index < -0.39 is 12.7 Å². The normalized spacial score (nSPS) is 25.3. The second-order valence-corrected chi connectivity index (χ2v) is 10.1. The van der Waals surface area contributed by atoms with Crippen molar-refractivity contribution in [2.45, 2.75) is 64.1 Å². The molecule has 3 rings (SSSR count). The molecular formula is C24H36BrF3N2O. The average Bonchev–Trinajstić information content (AvgIpc) is 3.19. The van der Waals surface area contributed by atoms with Crippen molar-refractivity contribution in [3.8, 4) is 5.75 Å². The molecule has 1 unspecified atom stereocenters. The first-order valence-corrected chi connectivity index (χ1v) is 12.4. The van der Waals surface area contributed by atoms with Gasteiger partial charge >= 0.3 is 6.18 Å². The highest BCUT2D eigenvalue weighted by Crippen LogP contribution is 2.33. The van der Waals surface area contributed by atoms with Crippen LogP contribution in [0.2, 0.25) is 0 Å². The minimum Gasteiger partial charge on any atom is -0.497 e. The van der Waals surface area contributed by atoms with Crippen LogP contribution in [-0.2, 0) is 6.42 Å². The van der Waals surface area contributed by atoms with Gasteiger partial charge in [0.25, 0.3) is 0 Å². The quantitative estimate of drug-likeness (QED) is 0.400. The number of hydrogen-bond acceptors (Lipinski definition) is 3. The highest BCUT2D eigenvalue weighted by molar-refractivity contribution is 9.10. The van der Waals surface area contributed by atoms with E-state index >= 15 is 0 Å². The Morgan fingerprint density at radius 3 is 2.52 bits per heavy atom. The third-order valence-electron chi connectivity index (χ3n) is 7.11. The first kappa shape index (κ1) is 24.8. The molecule has 0 amide bonds. The van der Waals surface area contributed by atoms with E-state index in [-0.39, 0.29) is 6.04 Å². The molecule has 2 aliphatic rings. The van der Waals surface area contributed by atoms with E-state index in [4.69, 9.17) is 4.74 Å². The largest absolute Gasteiger partial charge is 0.497 e. The van der Waals surface area contributed by atoms with Crippen LogP contribution < -0.4 is 4.74 Å². The Morgan fingerprint density at radius 1 is 1.13 bits per heavy atom. The second-order valence-electron chi connectivity index (χ2n) is 9.26. The van der Waals surface area contributed by atoms with Gasteiger partial charge in [-0.2, -0.15) is 13.2 Å². The Bertz CT molecular complexity index is 692. The summed E-state index contributed by atoms with van der Waals surface area (Å²) in [5.74, 6) is 2.23. The summed E-state index contributed by atoms with van der Waals surface area (Å²) in [5, 5.41) is 0. The van der Waals surface area contributed by atoms with Gasteiger partial charge in [0, 0.05) is 17.1 Å². The number of halogens is 4. The lowest BCUT2D eigenvalue weighted by atomic mass is 9.83. The minimum atomic E-state index is -4.10. The molecule has 0 radical (unpaired) electrons. The third-order valence-corrected chi connectivity index (χ3v) is 7.88. The lowest BCUT2D eigenvalue weighted by Crippen LogP contribution is -2.43. The first-order valence-electron chi connectivity index (χ1n) is 11.6. The molecule has 1 saturated heterocycles. The Morgan fingerprint density at radius 2 is 1.87 bits per heavy atom. The zero-order valence-electron chi connectivity index (χ0n) is 18.8.